The minimum Gasteiger partial charge on any atom is -0.368 e. The fourth-order valence-corrected chi connectivity index (χ4v) is 2.55. The Labute approximate surface area is 125 Å². The van der Waals surface area contributed by atoms with Crippen LogP contribution in [0.5, 0.6) is 0 Å². The van der Waals surface area contributed by atoms with E-state index in [9.17, 15) is 9.59 Å². The third kappa shape index (κ3) is 2.92. The predicted octanol–water partition coefficient (Wildman–Crippen LogP) is 0.714. The van der Waals surface area contributed by atoms with Gasteiger partial charge in [0.2, 0.25) is 5.82 Å². The summed E-state index contributed by atoms with van der Waals surface area (Å²) in [7, 11) is 0. The average Bonchev–Trinajstić information content (AvgIpc) is 2.93. The molecule has 110 valence electrons. The standard InChI is InChI=1S/C13H14ClN5O2/c14-9-2-1-3-10(8-9)18-4-6-19(7-5-18)12(20)11-15-13(21)17-16-11/h1-3,8H,4-7H2,(H2,15,16,17,21). The Bertz CT molecular complexity index is 702. The van der Waals surface area contributed by atoms with Crippen LogP contribution in [0.2, 0.25) is 5.02 Å². The summed E-state index contributed by atoms with van der Waals surface area (Å²) in [6.45, 7) is 2.56. The highest BCUT2D eigenvalue weighted by Crippen LogP contribution is 2.20. The number of piperazine rings is 1. The minimum absolute atomic E-state index is 0.0520. The Morgan fingerprint density at radius 2 is 2.00 bits per heavy atom. The Morgan fingerprint density at radius 3 is 2.62 bits per heavy atom. The van der Waals surface area contributed by atoms with Gasteiger partial charge in [-0.1, -0.05) is 17.7 Å². The molecule has 0 radical (unpaired) electrons. The predicted molar refractivity (Wildman–Crippen MR) is 78.8 cm³/mol. The van der Waals surface area contributed by atoms with E-state index in [1.165, 1.54) is 0 Å². The largest absolute Gasteiger partial charge is 0.368 e. The summed E-state index contributed by atoms with van der Waals surface area (Å²) in [6, 6.07) is 7.64. The summed E-state index contributed by atoms with van der Waals surface area (Å²) in [5, 5.41) is 6.55. The summed E-state index contributed by atoms with van der Waals surface area (Å²) in [6.07, 6.45) is 0. The normalized spacial score (nSPS) is 15.3. The molecular formula is C13H14ClN5O2. The lowest BCUT2D eigenvalue weighted by atomic mass is 10.2. The van der Waals surface area contributed by atoms with Gasteiger partial charge in [-0.2, -0.15) is 0 Å². The molecule has 0 spiro atoms. The first-order valence-corrected chi connectivity index (χ1v) is 6.96. The summed E-state index contributed by atoms with van der Waals surface area (Å²) in [5.41, 5.74) is 0.568. The zero-order chi connectivity index (χ0) is 14.8. The monoisotopic (exact) mass is 307 g/mol. The van der Waals surface area contributed by atoms with Crippen molar-refractivity contribution in [2.75, 3.05) is 31.1 Å². The summed E-state index contributed by atoms with van der Waals surface area (Å²) < 4.78 is 0. The van der Waals surface area contributed by atoms with Crippen molar-refractivity contribution >= 4 is 23.2 Å². The van der Waals surface area contributed by atoms with Crippen molar-refractivity contribution < 1.29 is 4.79 Å². The van der Waals surface area contributed by atoms with Crippen molar-refractivity contribution in [3.63, 3.8) is 0 Å². The molecule has 0 saturated carbocycles. The third-order valence-corrected chi connectivity index (χ3v) is 3.68. The first-order chi connectivity index (χ1) is 10.1. The Balaban J connectivity index is 1.65. The van der Waals surface area contributed by atoms with Gasteiger partial charge in [0, 0.05) is 36.9 Å². The highest BCUT2D eigenvalue weighted by molar-refractivity contribution is 6.30. The summed E-state index contributed by atoms with van der Waals surface area (Å²) in [5.74, 6) is -0.213. The molecular weight excluding hydrogens is 294 g/mol. The highest BCUT2D eigenvalue weighted by atomic mass is 35.5. The zero-order valence-electron chi connectivity index (χ0n) is 11.2. The van der Waals surface area contributed by atoms with E-state index in [4.69, 9.17) is 11.6 Å². The molecule has 1 aliphatic heterocycles. The first kappa shape index (κ1) is 13.7. The number of rotatable bonds is 2. The van der Waals surface area contributed by atoms with Crippen LogP contribution in [-0.2, 0) is 0 Å². The maximum absolute atomic E-state index is 12.1. The molecule has 1 aromatic carbocycles. The maximum Gasteiger partial charge on any atom is 0.341 e. The SMILES string of the molecule is O=C(c1n[nH]c(=O)[nH]1)N1CCN(c2cccc(Cl)c2)CC1. The molecule has 1 saturated heterocycles. The van der Waals surface area contributed by atoms with E-state index in [0.29, 0.717) is 31.2 Å². The molecule has 7 nitrogen and oxygen atoms in total. The number of nitrogens with zero attached hydrogens (tertiary/aromatic N) is 3. The zero-order valence-corrected chi connectivity index (χ0v) is 11.9. The van der Waals surface area contributed by atoms with E-state index in [2.05, 4.69) is 20.1 Å². The minimum atomic E-state index is -0.476. The van der Waals surface area contributed by atoms with E-state index >= 15 is 0 Å². The number of benzene rings is 1. The number of anilines is 1. The number of carbonyl (C=O) groups is 1. The van der Waals surface area contributed by atoms with Gasteiger partial charge in [0.1, 0.15) is 0 Å². The van der Waals surface area contributed by atoms with Gasteiger partial charge in [-0.05, 0) is 18.2 Å². The number of carbonyl (C=O) groups excluding carboxylic acids is 1. The van der Waals surface area contributed by atoms with Crippen molar-refractivity contribution in [2.24, 2.45) is 0 Å². The molecule has 2 N–H and O–H groups in total. The lowest BCUT2D eigenvalue weighted by Gasteiger charge is -2.35. The molecule has 3 rings (SSSR count). The molecule has 0 atom stereocenters. The van der Waals surface area contributed by atoms with Crippen LogP contribution < -0.4 is 10.6 Å². The lowest BCUT2D eigenvalue weighted by Crippen LogP contribution is -2.49. The van der Waals surface area contributed by atoms with Crippen LogP contribution in [0.3, 0.4) is 0 Å². The number of hydrogen-bond acceptors (Lipinski definition) is 4. The van der Waals surface area contributed by atoms with Crippen LogP contribution in [0.15, 0.2) is 29.1 Å². The van der Waals surface area contributed by atoms with Crippen LogP contribution in [0.25, 0.3) is 0 Å². The van der Waals surface area contributed by atoms with Gasteiger partial charge in [0.05, 0.1) is 0 Å². The molecule has 1 fully saturated rings. The molecule has 0 bridgehead atoms. The van der Waals surface area contributed by atoms with Crippen molar-refractivity contribution in [2.45, 2.75) is 0 Å². The molecule has 0 aliphatic carbocycles. The fraction of sp³-hybridized carbons (Fsp3) is 0.308. The van der Waals surface area contributed by atoms with E-state index < -0.39 is 5.69 Å². The van der Waals surface area contributed by atoms with Crippen molar-refractivity contribution in [1.82, 2.24) is 20.1 Å². The lowest BCUT2D eigenvalue weighted by molar-refractivity contribution is 0.0735. The third-order valence-electron chi connectivity index (χ3n) is 3.44. The van der Waals surface area contributed by atoms with Crippen molar-refractivity contribution in [3.05, 3.63) is 45.6 Å². The second-order valence-electron chi connectivity index (χ2n) is 4.79. The molecule has 1 aliphatic rings. The average molecular weight is 308 g/mol. The van der Waals surface area contributed by atoms with Crippen molar-refractivity contribution in [1.29, 1.82) is 0 Å². The Morgan fingerprint density at radius 1 is 1.24 bits per heavy atom. The highest BCUT2D eigenvalue weighted by Gasteiger charge is 2.24. The molecule has 2 aromatic rings. The maximum atomic E-state index is 12.1. The molecule has 1 aromatic heterocycles. The van der Waals surface area contributed by atoms with Gasteiger partial charge in [0.25, 0.3) is 5.91 Å². The van der Waals surface area contributed by atoms with Crippen LogP contribution in [0.4, 0.5) is 5.69 Å². The van der Waals surface area contributed by atoms with E-state index in [1.807, 2.05) is 24.3 Å². The van der Waals surface area contributed by atoms with Gasteiger partial charge in [-0.3, -0.25) is 9.78 Å². The first-order valence-electron chi connectivity index (χ1n) is 6.58. The number of aromatic nitrogens is 3. The van der Waals surface area contributed by atoms with Crippen LogP contribution in [0.1, 0.15) is 10.6 Å². The Kier molecular flexibility index (Phi) is 3.66. The summed E-state index contributed by atoms with van der Waals surface area (Å²) in [4.78, 5) is 29.3. The molecule has 21 heavy (non-hydrogen) atoms. The number of amides is 1. The van der Waals surface area contributed by atoms with E-state index in [-0.39, 0.29) is 11.7 Å². The van der Waals surface area contributed by atoms with E-state index in [0.717, 1.165) is 5.69 Å². The second-order valence-corrected chi connectivity index (χ2v) is 5.22. The molecule has 1 amide bonds. The van der Waals surface area contributed by atoms with Crippen LogP contribution in [-0.4, -0.2) is 52.2 Å². The molecule has 2 heterocycles. The smallest absolute Gasteiger partial charge is 0.341 e. The molecule has 8 heteroatoms. The molecule has 0 unspecified atom stereocenters. The number of aromatic amines is 2. The summed E-state index contributed by atoms with van der Waals surface area (Å²) >= 11 is 5.99. The van der Waals surface area contributed by atoms with Crippen LogP contribution >= 0.6 is 11.6 Å². The van der Waals surface area contributed by atoms with Gasteiger partial charge in [-0.25, -0.2) is 9.89 Å². The van der Waals surface area contributed by atoms with Gasteiger partial charge < -0.3 is 9.80 Å². The van der Waals surface area contributed by atoms with Crippen molar-refractivity contribution in [3.8, 4) is 0 Å². The van der Waals surface area contributed by atoms with E-state index in [1.54, 1.807) is 4.90 Å². The topological polar surface area (TPSA) is 85.1 Å². The number of H-pyrrole nitrogens is 2. The van der Waals surface area contributed by atoms with Crippen LogP contribution in [0, 0.1) is 0 Å². The fourth-order valence-electron chi connectivity index (χ4n) is 2.36. The van der Waals surface area contributed by atoms with Gasteiger partial charge in [-0.15, -0.1) is 5.10 Å². The number of halogens is 1. The Hall–Kier alpha value is -2.28. The second kappa shape index (κ2) is 5.61. The number of hydrogen-bond donors (Lipinski definition) is 2. The number of nitrogens with one attached hydrogen (secondary N) is 2. The van der Waals surface area contributed by atoms with Gasteiger partial charge >= 0.3 is 5.69 Å². The van der Waals surface area contributed by atoms with Gasteiger partial charge in [0.15, 0.2) is 0 Å². The quantitative estimate of drug-likeness (QED) is 0.856.